The van der Waals surface area contributed by atoms with Crippen LogP contribution in [0.25, 0.3) is 0 Å². The minimum absolute atomic E-state index is 0.150. The molecule has 1 aliphatic heterocycles. The summed E-state index contributed by atoms with van der Waals surface area (Å²) >= 11 is 0. The third kappa shape index (κ3) is 4.20. The molecule has 0 aliphatic carbocycles. The molecule has 1 aromatic carbocycles. The molecule has 1 saturated heterocycles. The van der Waals surface area contributed by atoms with E-state index in [2.05, 4.69) is 10.6 Å². The van der Waals surface area contributed by atoms with Gasteiger partial charge in [0.15, 0.2) is 0 Å². The van der Waals surface area contributed by atoms with E-state index in [1.54, 1.807) is 0 Å². The number of ether oxygens (including phenoxy) is 1. The van der Waals surface area contributed by atoms with Gasteiger partial charge in [0, 0.05) is 12.5 Å². The maximum absolute atomic E-state index is 13.6. The van der Waals surface area contributed by atoms with Crippen molar-refractivity contribution in [3.63, 3.8) is 0 Å². The Labute approximate surface area is 118 Å². The number of carbonyl (C=O) groups is 1. The Kier molecular flexibility index (Phi) is 5.35. The molecule has 2 N–H and O–H groups in total. The number of anilines is 1. The SMILES string of the molecule is COc1ccc(F)c(NC(=O)CCC2CCCNC2)c1. The molecule has 0 radical (unpaired) electrons. The van der Waals surface area contributed by atoms with Crippen molar-refractivity contribution in [1.82, 2.24) is 5.32 Å². The molecule has 1 heterocycles. The third-order valence-corrected chi connectivity index (χ3v) is 3.63. The van der Waals surface area contributed by atoms with Gasteiger partial charge in [0.1, 0.15) is 11.6 Å². The molecule has 1 aromatic rings. The lowest BCUT2D eigenvalue weighted by Gasteiger charge is -2.22. The number of carbonyl (C=O) groups excluding carboxylic acids is 1. The van der Waals surface area contributed by atoms with Gasteiger partial charge in [-0.05, 0) is 50.4 Å². The molecule has 0 bridgehead atoms. The highest BCUT2D eigenvalue weighted by molar-refractivity contribution is 5.91. The van der Waals surface area contributed by atoms with Crippen LogP contribution in [0.15, 0.2) is 18.2 Å². The van der Waals surface area contributed by atoms with E-state index in [9.17, 15) is 9.18 Å². The van der Waals surface area contributed by atoms with Crippen LogP contribution >= 0.6 is 0 Å². The smallest absolute Gasteiger partial charge is 0.224 e. The first-order chi connectivity index (χ1) is 9.69. The van der Waals surface area contributed by atoms with E-state index in [1.807, 2.05) is 0 Å². The summed E-state index contributed by atoms with van der Waals surface area (Å²) in [5.41, 5.74) is 0.177. The number of nitrogens with one attached hydrogen (secondary N) is 2. The van der Waals surface area contributed by atoms with Crippen molar-refractivity contribution in [2.45, 2.75) is 25.7 Å². The first kappa shape index (κ1) is 14.8. The Morgan fingerprint density at radius 3 is 3.10 bits per heavy atom. The van der Waals surface area contributed by atoms with Gasteiger partial charge in [-0.1, -0.05) is 0 Å². The molecule has 0 aromatic heterocycles. The first-order valence-corrected chi connectivity index (χ1v) is 7.03. The topological polar surface area (TPSA) is 50.4 Å². The van der Waals surface area contributed by atoms with Gasteiger partial charge in [0.25, 0.3) is 0 Å². The Hall–Kier alpha value is -1.62. The van der Waals surface area contributed by atoms with Crippen LogP contribution < -0.4 is 15.4 Å². The average molecular weight is 280 g/mol. The van der Waals surface area contributed by atoms with Gasteiger partial charge in [-0.25, -0.2) is 4.39 Å². The Balaban J connectivity index is 1.84. The van der Waals surface area contributed by atoms with Gasteiger partial charge in [0.2, 0.25) is 5.91 Å². The second-order valence-electron chi connectivity index (χ2n) is 5.15. The van der Waals surface area contributed by atoms with Crippen molar-refractivity contribution < 1.29 is 13.9 Å². The van der Waals surface area contributed by atoms with E-state index in [4.69, 9.17) is 4.74 Å². The Morgan fingerprint density at radius 2 is 2.40 bits per heavy atom. The zero-order valence-corrected chi connectivity index (χ0v) is 11.7. The van der Waals surface area contributed by atoms with Gasteiger partial charge in [0.05, 0.1) is 12.8 Å². The standard InChI is InChI=1S/C15H21FN2O2/c1-20-12-5-6-13(16)14(9-12)18-15(19)7-4-11-3-2-8-17-10-11/h5-6,9,11,17H,2-4,7-8,10H2,1H3,(H,18,19). The van der Waals surface area contributed by atoms with Crippen LogP contribution in [-0.2, 0) is 4.79 Å². The molecule has 1 fully saturated rings. The number of methoxy groups -OCH3 is 1. The van der Waals surface area contributed by atoms with Gasteiger partial charge in [-0.2, -0.15) is 0 Å². The number of piperidine rings is 1. The van der Waals surface area contributed by atoms with E-state index in [0.717, 1.165) is 32.4 Å². The molecule has 2 rings (SSSR count). The molecular weight excluding hydrogens is 259 g/mol. The number of hydrogen-bond acceptors (Lipinski definition) is 3. The summed E-state index contributed by atoms with van der Waals surface area (Å²) in [5.74, 6) is 0.476. The lowest BCUT2D eigenvalue weighted by molar-refractivity contribution is -0.116. The highest BCUT2D eigenvalue weighted by atomic mass is 19.1. The zero-order chi connectivity index (χ0) is 14.4. The first-order valence-electron chi connectivity index (χ1n) is 7.03. The maximum atomic E-state index is 13.6. The quantitative estimate of drug-likeness (QED) is 0.871. The molecule has 20 heavy (non-hydrogen) atoms. The normalized spacial score (nSPS) is 18.6. The summed E-state index contributed by atoms with van der Waals surface area (Å²) in [6, 6.07) is 4.31. The van der Waals surface area contributed by atoms with Crippen LogP contribution in [0.2, 0.25) is 0 Å². The summed E-state index contributed by atoms with van der Waals surface area (Å²) in [4.78, 5) is 11.9. The van der Waals surface area contributed by atoms with Gasteiger partial charge in [-0.3, -0.25) is 4.79 Å². The highest BCUT2D eigenvalue weighted by Crippen LogP contribution is 2.22. The van der Waals surface area contributed by atoms with Gasteiger partial charge >= 0.3 is 0 Å². The Bertz CT molecular complexity index is 459. The average Bonchev–Trinajstić information content (AvgIpc) is 2.48. The summed E-state index contributed by atoms with van der Waals surface area (Å²) in [7, 11) is 1.51. The van der Waals surface area contributed by atoms with Crippen molar-refractivity contribution in [3.8, 4) is 5.75 Å². The molecule has 5 heteroatoms. The van der Waals surface area contributed by atoms with Crippen LogP contribution in [0, 0.1) is 11.7 Å². The fourth-order valence-electron chi connectivity index (χ4n) is 2.45. The second-order valence-corrected chi connectivity index (χ2v) is 5.15. The van der Waals surface area contributed by atoms with Gasteiger partial charge in [-0.15, -0.1) is 0 Å². The number of halogens is 1. The largest absolute Gasteiger partial charge is 0.497 e. The summed E-state index contributed by atoms with van der Waals surface area (Å²) in [5, 5.41) is 5.93. The number of benzene rings is 1. The Morgan fingerprint density at radius 1 is 1.55 bits per heavy atom. The van der Waals surface area contributed by atoms with Crippen molar-refractivity contribution in [3.05, 3.63) is 24.0 Å². The molecule has 110 valence electrons. The molecule has 1 atom stereocenters. The maximum Gasteiger partial charge on any atom is 0.224 e. The van der Waals surface area contributed by atoms with E-state index in [0.29, 0.717) is 18.1 Å². The van der Waals surface area contributed by atoms with Crippen molar-refractivity contribution in [1.29, 1.82) is 0 Å². The molecule has 1 amide bonds. The van der Waals surface area contributed by atoms with Crippen molar-refractivity contribution >= 4 is 11.6 Å². The molecule has 0 spiro atoms. The van der Waals surface area contributed by atoms with Crippen LogP contribution in [0.3, 0.4) is 0 Å². The van der Waals surface area contributed by atoms with Crippen LogP contribution in [0.4, 0.5) is 10.1 Å². The van der Waals surface area contributed by atoms with Crippen LogP contribution in [0.5, 0.6) is 5.75 Å². The molecule has 0 saturated carbocycles. The molecular formula is C15H21FN2O2. The molecule has 1 aliphatic rings. The fraction of sp³-hybridized carbons (Fsp3) is 0.533. The second kappa shape index (κ2) is 7.24. The number of amides is 1. The monoisotopic (exact) mass is 280 g/mol. The summed E-state index contributed by atoms with van der Waals surface area (Å²) in [6.07, 6.45) is 3.58. The zero-order valence-electron chi connectivity index (χ0n) is 11.7. The van der Waals surface area contributed by atoms with E-state index in [-0.39, 0.29) is 11.6 Å². The predicted molar refractivity (Wildman–Crippen MR) is 76.4 cm³/mol. The minimum atomic E-state index is -0.446. The van der Waals surface area contributed by atoms with Crippen LogP contribution in [-0.4, -0.2) is 26.1 Å². The van der Waals surface area contributed by atoms with E-state index >= 15 is 0 Å². The fourth-order valence-corrected chi connectivity index (χ4v) is 2.45. The van der Waals surface area contributed by atoms with Gasteiger partial charge < -0.3 is 15.4 Å². The molecule has 4 nitrogen and oxygen atoms in total. The predicted octanol–water partition coefficient (Wildman–Crippen LogP) is 2.55. The lowest BCUT2D eigenvalue weighted by atomic mass is 9.94. The molecule has 1 unspecified atom stereocenters. The van der Waals surface area contributed by atoms with Crippen molar-refractivity contribution in [2.24, 2.45) is 5.92 Å². The van der Waals surface area contributed by atoms with Crippen molar-refractivity contribution in [2.75, 3.05) is 25.5 Å². The third-order valence-electron chi connectivity index (χ3n) is 3.63. The van der Waals surface area contributed by atoms with Crippen LogP contribution in [0.1, 0.15) is 25.7 Å². The van der Waals surface area contributed by atoms with E-state index in [1.165, 1.54) is 25.3 Å². The summed E-state index contributed by atoms with van der Waals surface area (Å²) in [6.45, 7) is 2.04. The lowest BCUT2D eigenvalue weighted by Crippen LogP contribution is -2.30. The highest BCUT2D eigenvalue weighted by Gasteiger charge is 2.15. The van der Waals surface area contributed by atoms with E-state index < -0.39 is 5.82 Å². The minimum Gasteiger partial charge on any atom is -0.497 e. The number of rotatable bonds is 5. The summed E-state index contributed by atoms with van der Waals surface area (Å²) < 4.78 is 18.6. The number of hydrogen-bond donors (Lipinski definition) is 2.